The highest BCUT2D eigenvalue weighted by Gasteiger charge is 2.18. The smallest absolute Gasteiger partial charge is 0.233 e. The molecule has 1 amide bonds. The average molecular weight is 343 g/mol. The summed E-state index contributed by atoms with van der Waals surface area (Å²) >= 11 is 1.55. The van der Waals surface area contributed by atoms with E-state index in [-0.39, 0.29) is 17.2 Å². The van der Waals surface area contributed by atoms with E-state index in [2.05, 4.69) is 43.4 Å². The molecule has 3 nitrogen and oxygen atoms in total. The van der Waals surface area contributed by atoms with Crippen LogP contribution in [0.5, 0.6) is 5.75 Å². The van der Waals surface area contributed by atoms with Crippen molar-refractivity contribution in [2.45, 2.75) is 43.4 Å². The number of methoxy groups -OCH3 is 1. The number of ether oxygens (including phenoxy) is 1. The number of rotatable bonds is 7. The number of amides is 1. The van der Waals surface area contributed by atoms with E-state index in [0.717, 1.165) is 22.6 Å². The van der Waals surface area contributed by atoms with Gasteiger partial charge in [0.2, 0.25) is 5.91 Å². The van der Waals surface area contributed by atoms with Gasteiger partial charge in [-0.3, -0.25) is 4.79 Å². The van der Waals surface area contributed by atoms with Crippen LogP contribution in [0.2, 0.25) is 0 Å². The topological polar surface area (TPSA) is 38.3 Å². The van der Waals surface area contributed by atoms with Crippen molar-refractivity contribution >= 4 is 17.7 Å². The molecule has 24 heavy (non-hydrogen) atoms. The number of carbonyl (C=O) groups is 1. The molecule has 2 aromatic rings. The Labute approximate surface area is 148 Å². The molecular formula is C20H25NO2S. The molecule has 0 aliphatic heterocycles. The van der Waals surface area contributed by atoms with Crippen molar-refractivity contribution in [2.75, 3.05) is 7.11 Å². The first-order chi connectivity index (χ1) is 11.5. The van der Waals surface area contributed by atoms with Crippen LogP contribution in [-0.2, 0) is 4.79 Å². The van der Waals surface area contributed by atoms with Crippen LogP contribution in [0.25, 0.3) is 0 Å². The average Bonchev–Trinajstić information content (AvgIpc) is 2.61. The van der Waals surface area contributed by atoms with Gasteiger partial charge in [0, 0.05) is 4.90 Å². The number of thioether (sulfide) groups is 1. The highest BCUT2D eigenvalue weighted by Crippen LogP contribution is 2.26. The van der Waals surface area contributed by atoms with E-state index in [1.54, 1.807) is 18.9 Å². The molecule has 2 aromatic carbocycles. The van der Waals surface area contributed by atoms with Crippen LogP contribution in [0.15, 0.2) is 53.4 Å². The van der Waals surface area contributed by atoms with Gasteiger partial charge in [-0.2, -0.15) is 0 Å². The van der Waals surface area contributed by atoms with Gasteiger partial charge >= 0.3 is 0 Å². The molecule has 1 N–H and O–H groups in total. The molecule has 0 aliphatic rings. The fourth-order valence-electron chi connectivity index (χ4n) is 2.42. The van der Waals surface area contributed by atoms with Gasteiger partial charge in [0.05, 0.1) is 18.4 Å². The lowest BCUT2D eigenvalue weighted by Crippen LogP contribution is -2.34. The first kappa shape index (κ1) is 18.4. The lowest BCUT2D eigenvalue weighted by molar-refractivity contribution is -0.121. The molecule has 2 atom stereocenters. The Balaban J connectivity index is 1.97. The predicted octanol–water partition coefficient (Wildman–Crippen LogP) is 4.75. The van der Waals surface area contributed by atoms with E-state index in [1.165, 1.54) is 5.56 Å². The Morgan fingerprint density at radius 1 is 1.12 bits per heavy atom. The van der Waals surface area contributed by atoms with Gasteiger partial charge in [0.1, 0.15) is 5.75 Å². The van der Waals surface area contributed by atoms with E-state index < -0.39 is 0 Å². The zero-order chi connectivity index (χ0) is 17.5. The third-order valence-corrected chi connectivity index (χ3v) is 5.06. The summed E-state index contributed by atoms with van der Waals surface area (Å²) in [5.74, 6) is 0.880. The normalized spacial score (nSPS) is 13.2. The van der Waals surface area contributed by atoms with E-state index in [1.807, 2.05) is 31.2 Å². The van der Waals surface area contributed by atoms with Gasteiger partial charge in [-0.1, -0.05) is 36.8 Å². The Bertz CT molecular complexity index is 652. The lowest BCUT2D eigenvalue weighted by atomic mass is 10.0. The number of hydrogen-bond donors (Lipinski definition) is 1. The van der Waals surface area contributed by atoms with Gasteiger partial charge in [-0.05, 0) is 50.1 Å². The lowest BCUT2D eigenvalue weighted by Gasteiger charge is -2.20. The molecule has 0 heterocycles. The first-order valence-electron chi connectivity index (χ1n) is 8.21. The minimum atomic E-state index is -0.155. The minimum absolute atomic E-state index is 0.0528. The summed E-state index contributed by atoms with van der Waals surface area (Å²) in [5, 5.41) is 3.01. The van der Waals surface area contributed by atoms with E-state index >= 15 is 0 Å². The van der Waals surface area contributed by atoms with Crippen LogP contribution in [0.3, 0.4) is 0 Å². The van der Waals surface area contributed by atoms with Crippen LogP contribution in [0.4, 0.5) is 0 Å². The fourth-order valence-corrected chi connectivity index (χ4v) is 3.30. The van der Waals surface area contributed by atoms with Crippen molar-refractivity contribution in [3.05, 3.63) is 59.7 Å². The zero-order valence-electron chi connectivity index (χ0n) is 14.7. The standard InChI is InChI=1S/C20H25NO2S/c1-5-19(16-8-6-14(2)7-9-16)21-20(22)15(3)24-18-12-10-17(23-4)11-13-18/h6-13,15,19H,5H2,1-4H3,(H,21,22)/t15-,19+/m0/s1. The maximum atomic E-state index is 12.5. The van der Waals surface area contributed by atoms with Gasteiger partial charge in [0.25, 0.3) is 0 Å². The molecule has 0 saturated carbocycles. The molecule has 128 valence electrons. The first-order valence-corrected chi connectivity index (χ1v) is 9.09. The largest absolute Gasteiger partial charge is 0.497 e. The van der Waals surface area contributed by atoms with E-state index in [4.69, 9.17) is 4.74 Å². The molecule has 0 radical (unpaired) electrons. The second-order valence-electron chi connectivity index (χ2n) is 5.82. The van der Waals surface area contributed by atoms with Crippen LogP contribution < -0.4 is 10.1 Å². The SMILES string of the molecule is CC[C@@H](NC(=O)[C@H](C)Sc1ccc(OC)cc1)c1ccc(C)cc1. The number of hydrogen-bond acceptors (Lipinski definition) is 3. The zero-order valence-corrected chi connectivity index (χ0v) is 15.5. The summed E-state index contributed by atoms with van der Waals surface area (Å²) in [7, 11) is 1.65. The van der Waals surface area contributed by atoms with Crippen molar-refractivity contribution < 1.29 is 9.53 Å². The molecular weight excluding hydrogens is 318 g/mol. The van der Waals surface area contributed by atoms with E-state index in [9.17, 15) is 4.79 Å². The summed E-state index contributed by atoms with van der Waals surface area (Å²) in [6.07, 6.45) is 0.870. The van der Waals surface area contributed by atoms with Crippen LogP contribution in [0.1, 0.15) is 37.4 Å². The number of nitrogens with one attached hydrogen (secondary N) is 1. The summed E-state index contributed by atoms with van der Waals surface area (Å²) in [4.78, 5) is 13.6. The van der Waals surface area contributed by atoms with Crippen molar-refractivity contribution in [2.24, 2.45) is 0 Å². The summed E-state index contributed by atoms with van der Waals surface area (Å²) in [5.41, 5.74) is 2.38. The van der Waals surface area contributed by atoms with Crippen molar-refractivity contribution in [3.63, 3.8) is 0 Å². The molecule has 0 spiro atoms. The van der Waals surface area contributed by atoms with Gasteiger partial charge in [-0.25, -0.2) is 0 Å². The summed E-state index contributed by atoms with van der Waals surface area (Å²) in [6.45, 7) is 6.09. The Kier molecular flexibility index (Phi) is 6.73. The fraction of sp³-hybridized carbons (Fsp3) is 0.350. The quantitative estimate of drug-likeness (QED) is 0.737. The van der Waals surface area contributed by atoms with Gasteiger partial charge in [-0.15, -0.1) is 11.8 Å². The third kappa shape index (κ3) is 5.03. The molecule has 0 aliphatic carbocycles. The minimum Gasteiger partial charge on any atom is -0.497 e. The van der Waals surface area contributed by atoms with Crippen molar-refractivity contribution in [3.8, 4) is 5.75 Å². The Morgan fingerprint density at radius 2 is 1.75 bits per heavy atom. The monoisotopic (exact) mass is 343 g/mol. The van der Waals surface area contributed by atoms with Crippen LogP contribution in [0, 0.1) is 6.92 Å². The highest BCUT2D eigenvalue weighted by molar-refractivity contribution is 8.00. The highest BCUT2D eigenvalue weighted by atomic mass is 32.2. The second-order valence-corrected chi connectivity index (χ2v) is 7.23. The molecule has 0 aromatic heterocycles. The van der Waals surface area contributed by atoms with Crippen molar-refractivity contribution in [1.29, 1.82) is 0 Å². The maximum absolute atomic E-state index is 12.5. The molecule has 4 heteroatoms. The second kappa shape index (κ2) is 8.78. The number of carbonyl (C=O) groups excluding carboxylic acids is 1. The van der Waals surface area contributed by atoms with Crippen LogP contribution >= 0.6 is 11.8 Å². The third-order valence-electron chi connectivity index (χ3n) is 3.95. The number of aryl methyl sites for hydroxylation is 1. The molecule has 0 unspecified atom stereocenters. The Morgan fingerprint density at radius 3 is 2.29 bits per heavy atom. The molecule has 2 rings (SSSR count). The number of benzene rings is 2. The molecule has 0 fully saturated rings. The summed E-state index contributed by atoms with van der Waals surface area (Å²) in [6, 6.07) is 16.2. The predicted molar refractivity (Wildman–Crippen MR) is 101 cm³/mol. The molecule has 0 saturated heterocycles. The van der Waals surface area contributed by atoms with Crippen molar-refractivity contribution in [1.82, 2.24) is 5.32 Å². The van der Waals surface area contributed by atoms with Crippen LogP contribution in [-0.4, -0.2) is 18.3 Å². The maximum Gasteiger partial charge on any atom is 0.233 e. The van der Waals surface area contributed by atoms with Gasteiger partial charge in [0.15, 0.2) is 0 Å². The van der Waals surface area contributed by atoms with E-state index in [0.29, 0.717) is 0 Å². The summed E-state index contributed by atoms with van der Waals surface area (Å²) < 4.78 is 5.16. The van der Waals surface area contributed by atoms with Gasteiger partial charge < -0.3 is 10.1 Å². The molecule has 0 bridgehead atoms. The Hall–Kier alpha value is -1.94.